The number of rotatable bonds is 6. The summed E-state index contributed by atoms with van der Waals surface area (Å²) in [7, 11) is 0. The Kier molecular flexibility index (Phi) is 5.77. The van der Waals surface area contributed by atoms with Crippen LogP contribution in [0.25, 0.3) is 0 Å². The standard InChI is InChI=1S/C12H24N2O2/c1-4-6-9(3)14-12(15)10-7-16-8-11(10)13-5-2/h9-11,13H,4-8H2,1-3H3,(H,14,15). The molecule has 0 aliphatic carbocycles. The first-order chi connectivity index (χ1) is 7.69. The van der Waals surface area contributed by atoms with Crippen molar-refractivity contribution in [1.29, 1.82) is 0 Å². The van der Waals surface area contributed by atoms with E-state index >= 15 is 0 Å². The topological polar surface area (TPSA) is 50.4 Å². The van der Waals surface area contributed by atoms with Crippen LogP contribution < -0.4 is 10.6 Å². The molecule has 2 N–H and O–H groups in total. The van der Waals surface area contributed by atoms with Gasteiger partial charge in [-0.15, -0.1) is 0 Å². The highest BCUT2D eigenvalue weighted by Gasteiger charge is 2.33. The molecule has 1 aliphatic heterocycles. The Labute approximate surface area is 98.1 Å². The highest BCUT2D eigenvalue weighted by molar-refractivity contribution is 5.80. The maximum absolute atomic E-state index is 12.0. The molecular formula is C12H24N2O2. The molecule has 0 aromatic heterocycles. The van der Waals surface area contributed by atoms with Gasteiger partial charge >= 0.3 is 0 Å². The molecule has 0 saturated carbocycles. The maximum atomic E-state index is 12.0. The van der Waals surface area contributed by atoms with Crippen LogP contribution in [0.4, 0.5) is 0 Å². The van der Waals surface area contributed by atoms with E-state index in [4.69, 9.17) is 4.74 Å². The number of hydrogen-bond acceptors (Lipinski definition) is 3. The third-order valence-corrected chi connectivity index (χ3v) is 2.99. The van der Waals surface area contributed by atoms with Crippen molar-refractivity contribution >= 4 is 5.91 Å². The first kappa shape index (κ1) is 13.5. The number of likely N-dealkylation sites (N-methyl/N-ethyl adjacent to an activating group) is 1. The molecule has 4 nitrogen and oxygen atoms in total. The van der Waals surface area contributed by atoms with Crippen LogP contribution in [0.5, 0.6) is 0 Å². The Morgan fingerprint density at radius 2 is 2.19 bits per heavy atom. The molecule has 3 atom stereocenters. The van der Waals surface area contributed by atoms with E-state index in [1.54, 1.807) is 0 Å². The molecule has 0 aromatic carbocycles. The van der Waals surface area contributed by atoms with Crippen LogP contribution in [-0.4, -0.2) is 37.7 Å². The Bertz CT molecular complexity index is 221. The minimum Gasteiger partial charge on any atom is -0.379 e. The van der Waals surface area contributed by atoms with Crippen LogP contribution in [0.3, 0.4) is 0 Å². The number of amides is 1. The summed E-state index contributed by atoms with van der Waals surface area (Å²) in [6.07, 6.45) is 2.13. The van der Waals surface area contributed by atoms with Crippen molar-refractivity contribution < 1.29 is 9.53 Å². The Hall–Kier alpha value is -0.610. The summed E-state index contributed by atoms with van der Waals surface area (Å²) >= 11 is 0. The number of nitrogens with one attached hydrogen (secondary N) is 2. The molecule has 1 aliphatic rings. The second-order valence-corrected chi connectivity index (χ2v) is 4.51. The third-order valence-electron chi connectivity index (χ3n) is 2.99. The molecule has 1 amide bonds. The van der Waals surface area contributed by atoms with Crippen molar-refractivity contribution in [2.45, 2.75) is 45.7 Å². The summed E-state index contributed by atoms with van der Waals surface area (Å²) in [4.78, 5) is 12.0. The van der Waals surface area contributed by atoms with Gasteiger partial charge in [-0.25, -0.2) is 0 Å². The molecule has 0 aromatic rings. The smallest absolute Gasteiger partial charge is 0.227 e. The van der Waals surface area contributed by atoms with Gasteiger partial charge in [0.05, 0.1) is 19.1 Å². The first-order valence-electron chi connectivity index (χ1n) is 6.30. The van der Waals surface area contributed by atoms with E-state index in [1.165, 1.54) is 0 Å². The molecule has 0 radical (unpaired) electrons. The SMILES string of the molecule is CCCC(C)NC(=O)C1COCC1NCC. The molecular weight excluding hydrogens is 204 g/mol. The summed E-state index contributed by atoms with van der Waals surface area (Å²) in [6.45, 7) is 8.30. The average Bonchev–Trinajstić information content (AvgIpc) is 2.66. The van der Waals surface area contributed by atoms with Crippen molar-refractivity contribution in [3.05, 3.63) is 0 Å². The minimum absolute atomic E-state index is 0.0285. The highest BCUT2D eigenvalue weighted by Crippen LogP contribution is 2.14. The molecule has 1 fully saturated rings. The molecule has 1 heterocycles. The van der Waals surface area contributed by atoms with Gasteiger partial charge in [0.1, 0.15) is 0 Å². The van der Waals surface area contributed by atoms with E-state index in [0.29, 0.717) is 13.2 Å². The van der Waals surface area contributed by atoms with E-state index < -0.39 is 0 Å². The van der Waals surface area contributed by atoms with Crippen molar-refractivity contribution in [3.8, 4) is 0 Å². The van der Waals surface area contributed by atoms with Crippen LogP contribution in [0.15, 0.2) is 0 Å². The van der Waals surface area contributed by atoms with E-state index in [-0.39, 0.29) is 23.9 Å². The lowest BCUT2D eigenvalue weighted by Gasteiger charge is -2.20. The predicted molar refractivity (Wildman–Crippen MR) is 64.3 cm³/mol. The van der Waals surface area contributed by atoms with E-state index in [2.05, 4.69) is 24.5 Å². The van der Waals surface area contributed by atoms with Crippen LogP contribution in [0, 0.1) is 5.92 Å². The lowest BCUT2D eigenvalue weighted by Crippen LogP contribution is -2.46. The quantitative estimate of drug-likeness (QED) is 0.710. The van der Waals surface area contributed by atoms with Gasteiger partial charge in [0.25, 0.3) is 0 Å². The predicted octanol–water partition coefficient (Wildman–Crippen LogP) is 0.916. The van der Waals surface area contributed by atoms with Gasteiger partial charge in [-0.2, -0.15) is 0 Å². The fraction of sp³-hybridized carbons (Fsp3) is 0.917. The van der Waals surface area contributed by atoms with E-state index in [1.807, 2.05) is 6.92 Å². The van der Waals surface area contributed by atoms with Crippen molar-refractivity contribution in [2.75, 3.05) is 19.8 Å². The van der Waals surface area contributed by atoms with E-state index in [9.17, 15) is 4.79 Å². The monoisotopic (exact) mass is 228 g/mol. The van der Waals surface area contributed by atoms with Crippen LogP contribution >= 0.6 is 0 Å². The average molecular weight is 228 g/mol. The molecule has 4 heteroatoms. The summed E-state index contributed by atoms with van der Waals surface area (Å²) in [5.41, 5.74) is 0. The fourth-order valence-corrected chi connectivity index (χ4v) is 2.13. The van der Waals surface area contributed by atoms with Crippen molar-refractivity contribution in [1.82, 2.24) is 10.6 Å². The number of ether oxygens (including phenoxy) is 1. The van der Waals surface area contributed by atoms with Crippen molar-refractivity contribution in [3.63, 3.8) is 0 Å². The largest absolute Gasteiger partial charge is 0.379 e. The highest BCUT2D eigenvalue weighted by atomic mass is 16.5. The Morgan fingerprint density at radius 1 is 1.44 bits per heavy atom. The Balaban J connectivity index is 2.40. The molecule has 0 bridgehead atoms. The van der Waals surface area contributed by atoms with Crippen LogP contribution in [0.2, 0.25) is 0 Å². The van der Waals surface area contributed by atoms with Gasteiger partial charge in [-0.05, 0) is 19.9 Å². The van der Waals surface area contributed by atoms with Gasteiger partial charge in [0, 0.05) is 12.1 Å². The van der Waals surface area contributed by atoms with Crippen LogP contribution in [-0.2, 0) is 9.53 Å². The summed E-state index contributed by atoms with van der Waals surface area (Å²) in [5.74, 6) is 0.101. The number of hydrogen-bond donors (Lipinski definition) is 2. The molecule has 3 unspecified atom stereocenters. The van der Waals surface area contributed by atoms with Gasteiger partial charge in [0.15, 0.2) is 0 Å². The van der Waals surface area contributed by atoms with Crippen LogP contribution in [0.1, 0.15) is 33.6 Å². The lowest BCUT2D eigenvalue weighted by molar-refractivity contribution is -0.126. The maximum Gasteiger partial charge on any atom is 0.227 e. The minimum atomic E-state index is -0.0285. The Morgan fingerprint density at radius 3 is 2.81 bits per heavy atom. The molecule has 0 spiro atoms. The molecule has 1 rings (SSSR count). The summed E-state index contributed by atoms with van der Waals surface area (Å²) < 4.78 is 5.36. The zero-order valence-electron chi connectivity index (χ0n) is 10.6. The molecule has 1 saturated heterocycles. The zero-order chi connectivity index (χ0) is 12.0. The fourth-order valence-electron chi connectivity index (χ4n) is 2.13. The normalized spacial score (nSPS) is 26.7. The summed E-state index contributed by atoms with van der Waals surface area (Å²) in [5, 5.41) is 6.35. The van der Waals surface area contributed by atoms with Gasteiger partial charge in [-0.1, -0.05) is 20.3 Å². The second kappa shape index (κ2) is 6.86. The van der Waals surface area contributed by atoms with Gasteiger partial charge in [0.2, 0.25) is 5.91 Å². The van der Waals surface area contributed by atoms with Crippen molar-refractivity contribution in [2.24, 2.45) is 5.92 Å². The molecule has 94 valence electrons. The number of carbonyl (C=O) groups is 1. The van der Waals surface area contributed by atoms with Gasteiger partial charge in [-0.3, -0.25) is 4.79 Å². The lowest BCUT2D eigenvalue weighted by atomic mass is 10.0. The van der Waals surface area contributed by atoms with Gasteiger partial charge < -0.3 is 15.4 Å². The summed E-state index contributed by atoms with van der Waals surface area (Å²) in [6, 6.07) is 0.444. The first-order valence-corrected chi connectivity index (χ1v) is 6.30. The number of carbonyl (C=O) groups excluding carboxylic acids is 1. The van der Waals surface area contributed by atoms with E-state index in [0.717, 1.165) is 19.4 Å². The molecule has 16 heavy (non-hydrogen) atoms. The zero-order valence-corrected chi connectivity index (χ0v) is 10.6. The second-order valence-electron chi connectivity index (χ2n) is 4.51. The third kappa shape index (κ3) is 3.76.